The van der Waals surface area contributed by atoms with Crippen molar-refractivity contribution in [1.82, 2.24) is 10.6 Å². The lowest BCUT2D eigenvalue weighted by molar-refractivity contribution is -0.143. The van der Waals surface area contributed by atoms with Crippen LogP contribution in [0.4, 0.5) is 0 Å². The molecule has 0 aromatic carbocycles. The van der Waals surface area contributed by atoms with Crippen LogP contribution in [0.5, 0.6) is 0 Å². The highest BCUT2D eigenvalue weighted by Crippen LogP contribution is 2.00. The number of carbonyl (C=O) groups is 2. The van der Waals surface area contributed by atoms with Gasteiger partial charge in [0.2, 0.25) is 5.91 Å². The summed E-state index contributed by atoms with van der Waals surface area (Å²) in [7, 11) is 0. The molecule has 1 heterocycles. The van der Waals surface area contributed by atoms with Crippen molar-refractivity contribution in [2.24, 2.45) is 0 Å². The standard InChI is InChI=1S/C11H20N2O4/c1-2-16-11(15)3-4-13-10(14)7-9-8-12-5-6-17-9/h9,12H,2-8H2,1H3,(H,13,14). The van der Waals surface area contributed by atoms with Gasteiger partial charge in [-0.05, 0) is 6.92 Å². The maximum absolute atomic E-state index is 11.5. The van der Waals surface area contributed by atoms with Gasteiger partial charge in [0.1, 0.15) is 0 Å². The molecule has 0 aliphatic carbocycles. The second-order valence-electron chi connectivity index (χ2n) is 3.81. The van der Waals surface area contributed by atoms with E-state index in [0.717, 1.165) is 6.54 Å². The number of esters is 1. The van der Waals surface area contributed by atoms with Gasteiger partial charge in [0.15, 0.2) is 0 Å². The fraction of sp³-hybridized carbons (Fsp3) is 0.818. The van der Waals surface area contributed by atoms with Crippen molar-refractivity contribution in [1.29, 1.82) is 0 Å². The van der Waals surface area contributed by atoms with Crippen molar-refractivity contribution in [3.05, 3.63) is 0 Å². The average Bonchev–Trinajstić information content (AvgIpc) is 2.30. The first-order valence-electron chi connectivity index (χ1n) is 5.97. The van der Waals surface area contributed by atoms with Gasteiger partial charge >= 0.3 is 5.97 Å². The first kappa shape index (κ1) is 13.9. The maximum atomic E-state index is 11.5. The number of morpholine rings is 1. The van der Waals surface area contributed by atoms with Crippen LogP contribution in [0.2, 0.25) is 0 Å². The Morgan fingerprint density at radius 1 is 1.53 bits per heavy atom. The SMILES string of the molecule is CCOC(=O)CCNC(=O)CC1CNCCO1. The third-order valence-corrected chi connectivity index (χ3v) is 2.37. The van der Waals surface area contributed by atoms with Crippen LogP contribution in [0, 0.1) is 0 Å². The molecule has 1 saturated heterocycles. The Morgan fingerprint density at radius 3 is 3.00 bits per heavy atom. The Morgan fingerprint density at radius 2 is 2.35 bits per heavy atom. The number of carbonyl (C=O) groups excluding carboxylic acids is 2. The molecule has 1 amide bonds. The van der Waals surface area contributed by atoms with E-state index < -0.39 is 0 Å². The quantitative estimate of drug-likeness (QED) is 0.612. The summed E-state index contributed by atoms with van der Waals surface area (Å²) < 4.78 is 10.1. The van der Waals surface area contributed by atoms with Gasteiger partial charge in [0.05, 0.1) is 32.2 Å². The third kappa shape index (κ3) is 6.23. The number of rotatable bonds is 6. The molecular formula is C11H20N2O4. The van der Waals surface area contributed by atoms with E-state index in [1.807, 2.05) is 0 Å². The highest BCUT2D eigenvalue weighted by molar-refractivity contribution is 5.77. The molecule has 1 aliphatic rings. The molecule has 98 valence electrons. The summed E-state index contributed by atoms with van der Waals surface area (Å²) in [5.41, 5.74) is 0. The topological polar surface area (TPSA) is 76.7 Å². The number of nitrogens with one attached hydrogen (secondary N) is 2. The van der Waals surface area contributed by atoms with Crippen molar-refractivity contribution in [2.75, 3.05) is 32.8 Å². The molecule has 2 N–H and O–H groups in total. The van der Waals surface area contributed by atoms with E-state index in [0.29, 0.717) is 32.7 Å². The van der Waals surface area contributed by atoms with Crippen molar-refractivity contribution >= 4 is 11.9 Å². The molecule has 6 nitrogen and oxygen atoms in total. The van der Waals surface area contributed by atoms with E-state index in [-0.39, 0.29) is 24.4 Å². The summed E-state index contributed by atoms with van der Waals surface area (Å²) in [5, 5.41) is 5.82. The van der Waals surface area contributed by atoms with E-state index >= 15 is 0 Å². The zero-order valence-electron chi connectivity index (χ0n) is 10.2. The monoisotopic (exact) mass is 244 g/mol. The summed E-state index contributed by atoms with van der Waals surface area (Å²) in [6, 6.07) is 0. The summed E-state index contributed by atoms with van der Waals surface area (Å²) in [6.07, 6.45) is 0.477. The van der Waals surface area contributed by atoms with Crippen LogP contribution in [0.15, 0.2) is 0 Å². The second-order valence-corrected chi connectivity index (χ2v) is 3.81. The van der Waals surface area contributed by atoms with Gasteiger partial charge in [-0.2, -0.15) is 0 Å². The molecular weight excluding hydrogens is 224 g/mol. The number of hydrogen-bond donors (Lipinski definition) is 2. The molecule has 0 aromatic heterocycles. The van der Waals surface area contributed by atoms with Gasteiger partial charge in [-0.1, -0.05) is 0 Å². The summed E-state index contributed by atoms with van der Waals surface area (Å²) in [4.78, 5) is 22.5. The third-order valence-electron chi connectivity index (χ3n) is 2.37. The lowest BCUT2D eigenvalue weighted by Gasteiger charge is -2.22. The molecule has 0 saturated carbocycles. The van der Waals surface area contributed by atoms with E-state index in [4.69, 9.17) is 9.47 Å². The normalized spacial score (nSPS) is 19.7. The van der Waals surface area contributed by atoms with Crippen molar-refractivity contribution in [2.45, 2.75) is 25.9 Å². The van der Waals surface area contributed by atoms with Crippen LogP contribution in [-0.4, -0.2) is 50.8 Å². The predicted molar refractivity (Wildman–Crippen MR) is 61.5 cm³/mol. The molecule has 0 spiro atoms. The highest BCUT2D eigenvalue weighted by atomic mass is 16.5. The Hall–Kier alpha value is -1.14. The molecule has 1 aliphatic heterocycles. The van der Waals surface area contributed by atoms with Gasteiger partial charge in [0, 0.05) is 19.6 Å². The van der Waals surface area contributed by atoms with Crippen molar-refractivity contribution in [3.8, 4) is 0 Å². The maximum Gasteiger partial charge on any atom is 0.307 e. The van der Waals surface area contributed by atoms with Gasteiger partial charge in [0.25, 0.3) is 0 Å². The molecule has 1 unspecified atom stereocenters. The van der Waals surface area contributed by atoms with Crippen molar-refractivity contribution < 1.29 is 19.1 Å². The molecule has 1 atom stereocenters. The van der Waals surface area contributed by atoms with Crippen LogP contribution in [-0.2, 0) is 19.1 Å². The first-order chi connectivity index (χ1) is 8.22. The minimum atomic E-state index is -0.289. The van der Waals surface area contributed by atoms with Gasteiger partial charge < -0.3 is 20.1 Å². The van der Waals surface area contributed by atoms with Crippen LogP contribution >= 0.6 is 0 Å². The van der Waals surface area contributed by atoms with Gasteiger partial charge in [-0.25, -0.2) is 0 Å². The van der Waals surface area contributed by atoms with E-state index in [2.05, 4.69) is 10.6 Å². The fourth-order valence-corrected chi connectivity index (χ4v) is 1.57. The number of amides is 1. The molecule has 1 rings (SSSR count). The van der Waals surface area contributed by atoms with Crippen LogP contribution in [0.1, 0.15) is 19.8 Å². The zero-order chi connectivity index (χ0) is 12.5. The Labute approximate surface area is 101 Å². The van der Waals surface area contributed by atoms with Crippen LogP contribution < -0.4 is 10.6 Å². The largest absolute Gasteiger partial charge is 0.466 e. The Bertz CT molecular complexity index is 252. The molecule has 1 fully saturated rings. The lowest BCUT2D eigenvalue weighted by atomic mass is 10.2. The number of ether oxygens (including phenoxy) is 2. The molecule has 0 bridgehead atoms. The molecule has 17 heavy (non-hydrogen) atoms. The lowest BCUT2D eigenvalue weighted by Crippen LogP contribution is -2.41. The second kappa shape index (κ2) is 8.03. The van der Waals surface area contributed by atoms with E-state index in [1.165, 1.54) is 0 Å². The number of hydrogen-bond acceptors (Lipinski definition) is 5. The van der Waals surface area contributed by atoms with E-state index in [1.54, 1.807) is 6.92 Å². The summed E-state index contributed by atoms with van der Waals surface area (Å²) >= 11 is 0. The first-order valence-corrected chi connectivity index (χ1v) is 5.97. The van der Waals surface area contributed by atoms with Crippen LogP contribution in [0.25, 0.3) is 0 Å². The molecule has 0 radical (unpaired) electrons. The minimum Gasteiger partial charge on any atom is -0.466 e. The van der Waals surface area contributed by atoms with E-state index in [9.17, 15) is 9.59 Å². The predicted octanol–water partition coefficient (Wildman–Crippen LogP) is -0.566. The van der Waals surface area contributed by atoms with Crippen LogP contribution in [0.3, 0.4) is 0 Å². The highest BCUT2D eigenvalue weighted by Gasteiger charge is 2.17. The average molecular weight is 244 g/mol. The molecule has 0 aromatic rings. The summed E-state index contributed by atoms with van der Waals surface area (Å²) in [5.74, 6) is -0.383. The summed E-state index contributed by atoms with van der Waals surface area (Å²) in [6.45, 7) is 4.61. The smallest absolute Gasteiger partial charge is 0.307 e. The molecule has 6 heteroatoms. The minimum absolute atomic E-state index is 0.0636. The Kier molecular flexibility index (Phi) is 6.57. The van der Waals surface area contributed by atoms with Gasteiger partial charge in [-0.3, -0.25) is 9.59 Å². The van der Waals surface area contributed by atoms with Crippen molar-refractivity contribution in [3.63, 3.8) is 0 Å². The van der Waals surface area contributed by atoms with Gasteiger partial charge in [-0.15, -0.1) is 0 Å². The fourth-order valence-electron chi connectivity index (χ4n) is 1.57. The Balaban J connectivity index is 2.06. The zero-order valence-corrected chi connectivity index (χ0v) is 10.2.